The summed E-state index contributed by atoms with van der Waals surface area (Å²) in [4.78, 5) is 4.67. The van der Waals surface area contributed by atoms with Crippen LogP contribution >= 0.6 is 0 Å². The van der Waals surface area contributed by atoms with E-state index < -0.39 is 0 Å². The van der Waals surface area contributed by atoms with Gasteiger partial charge in [0.15, 0.2) is 5.82 Å². The molecule has 0 amide bonds. The molecular formula is C18H22N2O. The van der Waals surface area contributed by atoms with E-state index in [2.05, 4.69) is 54.3 Å². The lowest BCUT2D eigenvalue weighted by atomic mass is 10.0. The van der Waals surface area contributed by atoms with Gasteiger partial charge in [-0.2, -0.15) is 4.98 Å². The molecule has 1 aromatic heterocycles. The van der Waals surface area contributed by atoms with Crippen molar-refractivity contribution in [3.63, 3.8) is 0 Å². The Kier molecular flexibility index (Phi) is 2.91. The number of aromatic nitrogens is 2. The molecule has 21 heavy (non-hydrogen) atoms. The van der Waals surface area contributed by atoms with Crippen molar-refractivity contribution in [2.45, 2.75) is 51.4 Å². The minimum absolute atomic E-state index is 0.221. The van der Waals surface area contributed by atoms with Gasteiger partial charge in [-0.1, -0.05) is 62.2 Å². The van der Waals surface area contributed by atoms with Gasteiger partial charge in [0.2, 0.25) is 5.89 Å². The second-order valence-electron chi connectivity index (χ2n) is 7.22. The minimum atomic E-state index is 0.221. The van der Waals surface area contributed by atoms with E-state index in [9.17, 15) is 0 Å². The van der Waals surface area contributed by atoms with E-state index in [1.54, 1.807) is 0 Å². The molecule has 2 aromatic rings. The Balaban J connectivity index is 1.50. The van der Waals surface area contributed by atoms with Crippen molar-refractivity contribution in [1.82, 2.24) is 10.1 Å². The Morgan fingerprint density at radius 1 is 1.14 bits per heavy atom. The van der Waals surface area contributed by atoms with Crippen LogP contribution in [0.4, 0.5) is 0 Å². The first-order chi connectivity index (χ1) is 10.2. The van der Waals surface area contributed by atoms with E-state index in [1.807, 2.05) is 0 Å². The van der Waals surface area contributed by atoms with Gasteiger partial charge in [0.25, 0.3) is 0 Å². The van der Waals surface area contributed by atoms with Crippen LogP contribution in [-0.2, 0) is 6.42 Å². The maximum atomic E-state index is 5.46. The van der Waals surface area contributed by atoms with Crippen molar-refractivity contribution in [3.8, 4) is 0 Å². The lowest BCUT2D eigenvalue weighted by Crippen LogP contribution is -1.93. The third-order valence-electron chi connectivity index (χ3n) is 5.21. The van der Waals surface area contributed by atoms with Gasteiger partial charge in [-0.3, -0.25) is 0 Å². The highest BCUT2D eigenvalue weighted by atomic mass is 16.5. The molecule has 0 unspecified atom stereocenters. The Hall–Kier alpha value is -1.64. The summed E-state index contributed by atoms with van der Waals surface area (Å²) in [5.41, 5.74) is 1.61. The first-order valence-corrected chi connectivity index (χ1v) is 8.03. The van der Waals surface area contributed by atoms with Crippen molar-refractivity contribution >= 4 is 0 Å². The summed E-state index contributed by atoms with van der Waals surface area (Å²) in [5, 5.41) is 4.26. The fraction of sp³-hybridized carbons (Fsp3) is 0.556. The van der Waals surface area contributed by atoms with E-state index >= 15 is 0 Å². The maximum Gasteiger partial charge on any atom is 0.226 e. The highest BCUT2D eigenvalue weighted by Crippen LogP contribution is 2.69. The average Bonchev–Trinajstić information content (AvgIpc) is 3.35. The molecule has 1 heterocycles. The zero-order chi connectivity index (χ0) is 14.4. The highest BCUT2D eigenvalue weighted by molar-refractivity contribution is 5.37. The SMILES string of the molecule is CC1(C)[C@@H](c2ccccc2)[C@@H]1c1noc(CCC2CC2)n1. The molecule has 0 saturated heterocycles. The summed E-state index contributed by atoms with van der Waals surface area (Å²) in [7, 11) is 0. The van der Waals surface area contributed by atoms with Crippen LogP contribution in [0.3, 0.4) is 0 Å². The monoisotopic (exact) mass is 282 g/mol. The number of aryl methyl sites for hydroxylation is 1. The predicted octanol–water partition coefficient (Wildman–Crippen LogP) is 4.32. The topological polar surface area (TPSA) is 38.9 Å². The van der Waals surface area contributed by atoms with E-state index in [0.717, 1.165) is 24.1 Å². The number of hydrogen-bond donors (Lipinski definition) is 0. The average molecular weight is 282 g/mol. The van der Waals surface area contributed by atoms with E-state index in [-0.39, 0.29) is 5.41 Å². The molecule has 3 heteroatoms. The lowest BCUT2D eigenvalue weighted by molar-refractivity contribution is 0.366. The van der Waals surface area contributed by atoms with Gasteiger partial charge in [0, 0.05) is 18.3 Å². The summed E-state index contributed by atoms with van der Waals surface area (Å²) < 4.78 is 5.46. The van der Waals surface area contributed by atoms with Crippen LogP contribution in [-0.4, -0.2) is 10.1 Å². The molecule has 4 rings (SSSR count). The molecule has 2 fully saturated rings. The summed E-state index contributed by atoms with van der Waals surface area (Å²) in [6, 6.07) is 10.7. The van der Waals surface area contributed by atoms with Gasteiger partial charge >= 0.3 is 0 Å². The minimum Gasteiger partial charge on any atom is -0.339 e. The van der Waals surface area contributed by atoms with Crippen LogP contribution in [0.15, 0.2) is 34.9 Å². The molecular weight excluding hydrogens is 260 g/mol. The van der Waals surface area contributed by atoms with Crippen molar-refractivity contribution in [2.24, 2.45) is 11.3 Å². The maximum absolute atomic E-state index is 5.46. The summed E-state index contributed by atoms with van der Waals surface area (Å²) in [6.07, 6.45) is 4.91. The van der Waals surface area contributed by atoms with Gasteiger partial charge in [0.1, 0.15) is 0 Å². The molecule has 0 N–H and O–H groups in total. The quantitative estimate of drug-likeness (QED) is 0.819. The Labute approximate surface area is 125 Å². The first kappa shape index (κ1) is 13.1. The number of nitrogens with zero attached hydrogens (tertiary/aromatic N) is 2. The Morgan fingerprint density at radius 2 is 1.90 bits per heavy atom. The second-order valence-corrected chi connectivity index (χ2v) is 7.22. The molecule has 0 bridgehead atoms. The van der Waals surface area contributed by atoms with E-state index in [0.29, 0.717) is 11.8 Å². The molecule has 2 aliphatic rings. The molecule has 2 aliphatic carbocycles. The zero-order valence-electron chi connectivity index (χ0n) is 12.7. The summed E-state index contributed by atoms with van der Waals surface area (Å²) in [5.74, 6) is 3.53. The van der Waals surface area contributed by atoms with Crippen LogP contribution in [0.5, 0.6) is 0 Å². The molecule has 0 radical (unpaired) electrons. The zero-order valence-corrected chi connectivity index (χ0v) is 12.7. The molecule has 110 valence electrons. The molecule has 2 saturated carbocycles. The van der Waals surface area contributed by atoms with Crippen LogP contribution < -0.4 is 0 Å². The van der Waals surface area contributed by atoms with Crippen molar-refractivity contribution < 1.29 is 4.52 Å². The van der Waals surface area contributed by atoms with E-state index in [4.69, 9.17) is 4.52 Å². The predicted molar refractivity (Wildman–Crippen MR) is 81.0 cm³/mol. The fourth-order valence-electron chi connectivity index (χ4n) is 3.63. The number of hydrogen-bond acceptors (Lipinski definition) is 3. The van der Waals surface area contributed by atoms with Crippen LogP contribution in [0, 0.1) is 11.3 Å². The van der Waals surface area contributed by atoms with Gasteiger partial charge in [-0.15, -0.1) is 0 Å². The normalized spacial score (nSPS) is 26.8. The van der Waals surface area contributed by atoms with Gasteiger partial charge in [0.05, 0.1) is 0 Å². The van der Waals surface area contributed by atoms with Crippen molar-refractivity contribution in [3.05, 3.63) is 47.6 Å². The van der Waals surface area contributed by atoms with Gasteiger partial charge < -0.3 is 4.52 Å². The third kappa shape index (κ3) is 2.39. The largest absolute Gasteiger partial charge is 0.339 e. The van der Waals surface area contributed by atoms with Crippen LogP contribution in [0.25, 0.3) is 0 Å². The van der Waals surface area contributed by atoms with Gasteiger partial charge in [-0.25, -0.2) is 0 Å². The first-order valence-electron chi connectivity index (χ1n) is 8.03. The standard InChI is InChI=1S/C18H22N2O/c1-18(2)15(13-6-4-3-5-7-13)16(18)17-19-14(21-20-17)11-10-12-8-9-12/h3-7,12,15-16H,8-11H2,1-2H3/t15-,16+/m0/s1. The molecule has 0 aliphatic heterocycles. The summed E-state index contributed by atoms with van der Waals surface area (Å²) in [6.45, 7) is 4.60. The molecule has 2 atom stereocenters. The van der Waals surface area contributed by atoms with Gasteiger partial charge in [-0.05, 0) is 23.3 Å². The molecule has 0 spiro atoms. The smallest absolute Gasteiger partial charge is 0.226 e. The fourth-order valence-corrected chi connectivity index (χ4v) is 3.63. The Morgan fingerprint density at radius 3 is 2.62 bits per heavy atom. The number of rotatable bonds is 5. The molecule has 3 nitrogen and oxygen atoms in total. The third-order valence-corrected chi connectivity index (χ3v) is 5.21. The number of benzene rings is 1. The molecule has 1 aromatic carbocycles. The van der Waals surface area contributed by atoms with Crippen LogP contribution in [0.1, 0.15) is 62.2 Å². The Bertz CT molecular complexity index is 628. The van der Waals surface area contributed by atoms with Crippen molar-refractivity contribution in [1.29, 1.82) is 0 Å². The second kappa shape index (κ2) is 4.69. The highest BCUT2D eigenvalue weighted by Gasteiger charge is 2.61. The van der Waals surface area contributed by atoms with Crippen LogP contribution in [0.2, 0.25) is 0 Å². The lowest BCUT2D eigenvalue weighted by Gasteiger charge is -2.01. The summed E-state index contributed by atoms with van der Waals surface area (Å²) >= 11 is 0. The van der Waals surface area contributed by atoms with Crippen molar-refractivity contribution in [2.75, 3.05) is 0 Å². The van der Waals surface area contributed by atoms with E-state index in [1.165, 1.54) is 24.8 Å².